The third-order valence-corrected chi connectivity index (χ3v) is 3.96. The van der Waals surface area contributed by atoms with Crippen LogP contribution in [0.15, 0.2) is 24.3 Å². The number of aliphatic hydroxyl groups excluding tert-OH is 1. The van der Waals surface area contributed by atoms with Crippen molar-refractivity contribution in [3.05, 3.63) is 35.4 Å². The fourth-order valence-corrected chi connectivity index (χ4v) is 2.10. The van der Waals surface area contributed by atoms with Crippen LogP contribution in [-0.2, 0) is 6.42 Å². The van der Waals surface area contributed by atoms with E-state index in [2.05, 4.69) is 43.4 Å². The van der Waals surface area contributed by atoms with Gasteiger partial charge in [0.25, 0.3) is 0 Å². The number of aryl methyl sites for hydroxylation is 1. The molecule has 1 fully saturated rings. The Balaban J connectivity index is 1.88. The zero-order valence-corrected chi connectivity index (χ0v) is 10.9. The largest absolute Gasteiger partial charge is 0.396 e. The van der Waals surface area contributed by atoms with E-state index in [1.165, 1.54) is 11.1 Å². The molecule has 94 valence electrons. The third kappa shape index (κ3) is 3.08. The minimum absolute atomic E-state index is 0.192. The normalized spacial score (nSPS) is 19.0. The first kappa shape index (κ1) is 12.6. The Hall–Kier alpha value is -0.860. The first-order chi connectivity index (χ1) is 8.19. The Morgan fingerprint density at radius 2 is 1.94 bits per heavy atom. The van der Waals surface area contributed by atoms with E-state index >= 15 is 0 Å². The average molecular weight is 233 g/mol. The molecule has 1 saturated carbocycles. The lowest BCUT2D eigenvalue weighted by Crippen LogP contribution is -2.28. The molecule has 0 saturated heterocycles. The van der Waals surface area contributed by atoms with E-state index in [-0.39, 0.29) is 5.41 Å². The zero-order valence-electron chi connectivity index (χ0n) is 10.9. The van der Waals surface area contributed by atoms with Crippen molar-refractivity contribution >= 4 is 0 Å². The van der Waals surface area contributed by atoms with E-state index in [1.807, 2.05) is 0 Å². The first-order valence-electron chi connectivity index (χ1n) is 6.62. The molecule has 0 aromatic heterocycles. The van der Waals surface area contributed by atoms with Gasteiger partial charge >= 0.3 is 0 Å². The lowest BCUT2D eigenvalue weighted by atomic mass is 10.0. The summed E-state index contributed by atoms with van der Waals surface area (Å²) in [6.45, 7) is 5.62. The fourth-order valence-electron chi connectivity index (χ4n) is 2.10. The molecule has 0 bridgehead atoms. The predicted molar refractivity (Wildman–Crippen MR) is 71.0 cm³/mol. The molecule has 0 spiro atoms. The Morgan fingerprint density at radius 3 is 2.41 bits per heavy atom. The summed E-state index contributed by atoms with van der Waals surface area (Å²) in [6.07, 6.45) is 3.42. The van der Waals surface area contributed by atoms with Crippen LogP contribution in [0.3, 0.4) is 0 Å². The molecule has 1 aliphatic rings. The Labute approximate surface area is 104 Å². The Bertz CT molecular complexity index is 354. The quantitative estimate of drug-likeness (QED) is 0.791. The lowest BCUT2D eigenvalue weighted by molar-refractivity contribution is 0.204. The smallest absolute Gasteiger partial charge is 0.0499 e. The van der Waals surface area contributed by atoms with E-state index in [9.17, 15) is 5.11 Å². The van der Waals surface area contributed by atoms with E-state index in [1.54, 1.807) is 0 Å². The van der Waals surface area contributed by atoms with Gasteiger partial charge in [0.15, 0.2) is 0 Å². The van der Waals surface area contributed by atoms with Gasteiger partial charge in [-0.1, -0.05) is 31.2 Å². The second kappa shape index (κ2) is 5.19. The molecule has 1 unspecified atom stereocenters. The van der Waals surface area contributed by atoms with Crippen molar-refractivity contribution in [2.24, 2.45) is 5.41 Å². The highest BCUT2D eigenvalue weighted by molar-refractivity contribution is 5.24. The number of benzene rings is 1. The third-order valence-electron chi connectivity index (χ3n) is 3.96. The van der Waals surface area contributed by atoms with Crippen molar-refractivity contribution in [1.29, 1.82) is 0 Å². The summed E-state index contributed by atoms with van der Waals surface area (Å²) in [7, 11) is 0. The van der Waals surface area contributed by atoms with Crippen LogP contribution < -0.4 is 5.32 Å². The summed E-state index contributed by atoms with van der Waals surface area (Å²) in [6, 6.07) is 9.17. The number of rotatable bonds is 6. The highest BCUT2D eigenvalue weighted by Crippen LogP contribution is 2.44. The average Bonchev–Trinajstić information content (AvgIpc) is 3.17. The summed E-state index contributed by atoms with van der Waals surface area (Å²) < 4.78 is 0. The monoisotopic (exact) mass is 233 g/mol. The minimum Gasteiger partial charge on any atom is -0.396 e. The van der Waals surface area contributed by atoms with Gasteiger partial charge in [-0.15, -0.1) is 0 Å². The molecule has 1 aliphatic carbocycles. The van der Waals surface area contributed by atoms with Gasteiger partial charge in [0.2, 0.25) is 0 Å². The van der Waals surface area contributed by atoms with Gasteiger partial charge in [0.1, 0.15) is 0 Å². The van der Waals surface area contributed by atoms with Gasteiger partial charge in [-0.3, -0.25) is 0 Å². The van der Waals surface area contributed by atoms with Crippen molar-refractivity contribution in [2.45, 2.75) is 39.2 Å². The SMILES string of the molecule is CCc1ccc(C(C)NCC2(CO)CC2)cc1. The summed E-state index contributed by atoms with van der Waals surface area (Å²) in [5.41, 5.74) is 2.91. The van der Waals surface area contributed by atoms with E-state index in [0.717, 1.165) is 25.8 Å². The number of nitrogens with one attached hydrogen (secondary N) is 1. The summed E-state index contributed by atoms with van der Waals surface area (Å²) in [5, 5.41) is 12.8. The van der Waals surface area contributed by atoms with Crippen molar-refractivity contribution in [3.63, 3.8) is 0 Å². The molecule has 1 atom stereocenters. The molecule has 0 heterocycles. The maximum atomic E-state index is 9.27. The van der Waals surface area contributed by atoms with Gasteiger partial charge in [-0.25, -0.2) is 0 Å². The van der Waals surface area contributed by atoms with Crippen LogP contribution in [0, 0.1) is 5.41 Å². The van der Waals surface area contributed by atoms with Crippen LogP contribution in [0.5, 0.6) is 0 Å². The van der Waals surface area contributed by atoms with Crippen LogP contribution >= 0.6 is 0 Å². The van der Waals surface area contributed by atoms with Crippen LogP contribution in [0.2, 0.25) is 0 Å². The molecule has 0 aliphatic heterocycles. The Morgan fingerprint density at radius 1 is 1.29 bits per heavy atom. The number of hydrogen-bond donors (Lipinski definition) is 2. The summed E-state index contributed by atoms with van der Waals surface area (Å²) in [4.78, 5) is 0. The molecule has 2 heteroatoms. The fraction of sp³-hybridized carbons (Fsp3) is 0.600. The molecule has 0 radical (unpaired) electrons. The van der Waals surface area contributed by atoms with Gasteiger partial charge in [-0.05, 0) is 37.3 Å². The van der Waals surface area contributed by atoms with Gasteiger partial charge < -0.3 is 10.4 Å². The van der Waals surface area contributed by atoms with Crippen LogP contribution in [0.1, 0.15) is 43.9 Å². The van der Waals surface area contributed by atoms with Crippen molar-refractivity contribution in [1.82, 2.24) is 5.32 Å². The molecule has 2 rings (SSSR count). The van der Waals surface area contributed by atoms with Crippen molar-refractivity contribution < 1.29 is 5.11 Å². The standard InChI is InChI=1S/C15H23NO/c1-3-13-4-6-14(7-5-13)12(2)16-10-15(11-17)8-9-15/h4-7,12,16-17H,3,8-11H2,1-2H3. The molecule has 2 nitrogen and oxygen atoms in total. The molecule has 17 heavy (non-hydrogen) atoms. The van der Waals surface area contributed by atoms with E-state index < -0.39 is 0 Å². The first-order valence-corrected chi connectivity index (χ1v) is 6.62. The predicted octanol–water partition coefficient (Wildman–Crippen LogP) is 2.67. The van der Waals surface area contributed by atoms with Crippen LogP contribution in [0.4, 0.5) is 0 Å². The Kier molecular flexibility index (Phi) is 3.85. The molecule has 0 amide bonds. The number of aliphatic hydroxyl groups is 1. The lowest BCUT2D eigenvalue weighted by Gasteiger charge is -2.19. The molecule has 2 N–H and O–H groups in total. The van der Waals surface area contributed by atoms with E-state index in [0.29, 0.717) is 12.6 Å². The molecular weight excluding hydrogens is 210 g/mol. The number of hydrogen-bond acceptors (Lipinski definition) is 2. The summed E-state index contributed by atoms with van der Waals surface area (Å²) >= 11 is 0. The van der Waals surface area contributed by atoms with Crippen LogP contribution in [-0.4, -0.2) is 18.3 Å². The maximum absolute atomic E-state index is 9.27. The van der Waals surface area contributed by atoms with Gasteiger partial charge in [0, 0.05) is 24.6 Å². The molecule has 1 aromatic carbocycles. The molecule has 1 aromatic rings. The van der Waals surface area contributed by atoms with Gasteiger partial charge in [-0.2, -0.15) is 0 Å². The van der Waals surface area contributed by atoms with Crippen molar-refractivity contribution in [2.75, 3.05) is 13.2 Å². The highest BCUT2D eigenvalue weighted by atomic mass is 16.3. The highest BCUT2D eigenvalue weighted by Gasteiger charge is 2.41. The van der Waals surface area contributed by atoms with Crippen LogP contribution in [0.25, 0.3) is 0 Å². The second-order valence-electron chi connectivity index (χ2n) is 5.36. The van der Waals surface area contributed by atoms with Gasteiger partial charge in [0.05, 0.1) is 0 Å². The second-order valence-corrected chi connectivity index (χ2v) is 5.36. The topological polar surface area (TPSA) is 32.3 Å². The van der Waals surface area contributed by atoms with E-state index in [4.69, 9.17) is 0 Å². The van der Waals surface area contributed by atoms with Crippen molar-refractivity contribution in [3.8, 4) is 0 Å². The maximum Gasteiger partial charge on any atom is 0.0499 e. The molecular formula is C15H23NO. The summed E-state index contributed by atoms with van der Waals surface area (Å²) in [5.74, 6) is 0. The minimum atomic E-state index is 0.192. The zero-order chi connectivity index (χ0) is 12.3.